The van der Waals surface area contributed by atoms with E-state index in [0.29, 0.717) is 24.3 Å². The van der Waals surface area contributed by atoms with Gasteiger partial charge < -0.3 is 20.1 Å². The molecule has 0 heterocycles. The highest BCUT2D eigenvalue weighted by molar-refractivity contribution is 5.71. The van der Waals surface area contributed by atoms with Gasteiger partial charge in [-0.15, -0.1) is 0 Å². The van der Waals surface area contributed by atoms with Crippen molar-refractivity contribution in [2.75, 3.05) is 0 Å². The van der Waals surface area contributed by atoms with Gasteiger partial charge in [0, 0.05) is 11.5 Å². The summed E-state index contributed by atoms with van der Waals surface area (Å²) in [6, 6.07) is 35.4. The molecular formula is C36H38N2O4. The SMILES string of the molecule is CC1(C)CC(NC(=O)Oc2ccc(-c3ccccc3)cc2)CC(C)(C(NC=O)Oc2ccc(-c3ccccc3)cc2)C1. The van der Waals surface area contributed by atoms with Crippen molar-refractivity contribution >= 4 is 12.5 Å². The highest BCUT2D eigenvalue weighted by Gasteiger charge is 2.47. The zero-order chi connectivity index (χ0) is 29.6. The lowest BCUT2D eigenvalue weighted by molar-refractivity contribution is -0.116. The fourth-order valence-corrected chi connectivity index (χ4v) is 6.42. The summed E-state index contributed by atoms with van der Waals surface area (Å²) in [5.41, 5.74) is 3.81. The summed E-state index contributed by atoms with van der Waals surface area (Å²) in [4.78, 5) is 24.6. The molecule has 4 aromatic carbocycles. The fourth-order valence-electron chi connectivity index (χ4n) is 6.42. The largest absolute Gasteiger partial charge is 0.470 e. The Morgan fingerprint density at radius 2 is 1.24 bits per heavy atom. The van der Waals surface area contributed by atoms with E-state index in [1.165, 1.54) is 0 Å². The number of hydrogen-bond donors (Lipinski definition) is 2. The van der Waals surface area contributed by atoms with Crippen LogP contribution in [-0.2, 0) is 4.79 Å². The Morgan fingerprint density at radius 3 is 1.76 bits per heavy atom. The summed E-state index contributed by atoms with van der Waals surface area (Å²) in [6.07, 6.45) is 1.82. The minimum Gasteiger partial charge on any atom is -0.470 e. The minimum absolute atomic E-state index is 0.106. The average molecular weight is 563 g/mol. The van der Waals surface area contributed by atoms with E-state index in [0.717, 1.165) is 35.1 Å². The molecule has 1 saturated carbocycles. The number of hydrogen-bond acceptors (Lipinski definition) is 4. The van der Waals surface area contributed by atoms with E-state index < -0.39 is 17.7 Å². The number of nitrogens with one attached hydrogen (secondary N) is 2. The molecule has 42 heavy (non-hydrogen) atoms. The van der Waals surface area contributed by atoms with E-state index in [9.17, 15) is 9.59 Å². The first-order valence-corrected chi connectivity index (χ1v) is 14.4. The summed E-state index contributed by atoms with van der Waals surface area (Å²) in [5, 5.41) is 5.99. The van der Waals surface area contributed by atoms with Crippen LogP contribution in [0.5, 0.6) is 11.5 Å². The lowest BCUT2D eigenvalue weighted by Crippen LogP contribution is -2.56. The van der Waals surface area contributed by atoms with Crippen molar-refractivity contribution in [2.45, 2.75) is 52.3 Å². The Kier molecular flexibility index (Phi) is 8.62. The Bertz CT molecular complexity index is 1470. The molecule has 1 fully saturated rings. The van der Waals surface area contributed by atoms with Gasteiger partial charge in [0.15, 0.2) is 6.23 Å². The van der Waals surface area contributed by atoms with E-state index in [1.54, 1.807) is 12.1 Å². The molecule has 5 rings (SSSR count). The van der Waals surface area contributed by atoms with E-state index in [4.69, 9.17) is 9.47 Å². The van der Waals surface area contributed by atoms with Crippen LogP contribution in [0, 0.1) is 10.8 Å². The number of ether oxygens (including phenoxy) is 2. The molecule has 0 spiro atoms. The van der Waals surface area contributed by atoms with Crippen LogP contribution in [0.2, 0.25) is 0 Å². The van der Waals surface area contributed by atoms with Gasteiger partial charge in [0.1, 0.15) is 11.5 Å². The first kappa shape index (κ1) is 28.9. The zero-order valence-corrected chi connectivity index (χ0v) is 24.4. The molecule has 2 amide bonds. The maximum absolute atomic E-state index is 13.0. The summed E-state index contributed by atoms with van der Waals surface area (Å²) < 4.78 is 12.0. The second kappa shape index (κ2) is 12.5. The van der Waals surface area contributed by atoms with Crippen molar-refractivity contribution in [3.8, 4) is 33.8 Å². The first-order valence-electron chi connectivity index (χ1n) is 14.4. The number of carbonyl (C=O) groups excluding carboxylic acids is 2. The van der Waals surface area contributed by atoms with E-state index in [2.05, 4.69) is 43.5 Å². The van der Waals surface area contributed by atoms with E-state index in [1.807, 2.05) is 84.9 Å². The highest BCUT2D eigenvalue weighted by atomic mass is 16.6. The molecule has 3 unspecified atom stereocenters. The summed E-state index contributed by atoms with van der Waals surface area (Å²) in [5.74, 6) is 1.15. The Morgan fingerprint density at radius 1 is 0.738 bits per heavy atom. The molecule has 4 aromatic rings. The predicted octanol–water partition coefficient (Wildman–Crippen LogP) is 7.85. The van der Waals surface area contributed by atoms with Gasteiger partial charge in [0.05, 0.1) is 0 Å². The summed E-state index contributed by atoms with van der Waals surface area (Å²) in [6.45, 7) is 6.47. The highest BCUT2D eigenvalue weighted by Crippen LogP contribution is 2.48. The molecule has 1 aliphatic carbocycles. The quantitative estimate of drug-likeness (QED) is 0.161. The second-order valence-corrected chi connectivity index (χ2v) is 12.2. The van der Waals surface area contributed by atoms with Gasteiger partial charge in [-0.1, -0.05) is 106 Å². The van der Waals surface area contributed by atoms with Gasteiger partial charge in [-0.2, -0.15) is 0 Å². The molecule has 0 aromatic heterocycles. The molecule has 0 saturated heterocycles. The van der Waals surface area contributed by atoms with Gasteiger partial charge in [-0.05, 0) is 71.2 Å². The van der Waals surface area contributed by atoms with Gasteiger partial charge in [-0.3, -0.25) is 4.79 Å². The number of amides is 2. The van der Waals surface area contributed by atoms with Crippen LogP contribution in [0.4, 0.5) is 4.79 Å². The number of benzene rings is 4. The third-order valence-electron chi connectivity index (χ3n) is 7.96. The van der Waals surface area contributed by atoms with Crippen LogP contribution in [0.25, 0.3) is 22.3 Å². The van der Waals surface area contributed by atoms with Crippen LogP contribution in [0.1, 0.15) is 40.0 Å². The zero-order valence-electron chi connectivity index (χ0n) is 24.4. The number of carbonyl (C=O) groups is 2. The maximum Gasteiger partial charge on any atom is 0.412 e. The predicted molar refractivity (Wildman–Crippen MR) is 166 cm³/mol. The van der Waals surface area contributed by atoms with Crippen molar-refractivity contribution in [1.29, 1.82) is 0 Å². The van der Waals surface area contributed by atoms with Crippen molar-refractivity contribution in [3.05, 3.63) is 109 Å². The Balaban J connectivity index is 1.25. The van der Waals surface area contributed by atoms with Gasteiger partial charge >= 0.3 is 6.09 Å². The monoisotopic (exact) mass is 562 g/mol. The molecule has 3 atom stereocenters. The molecule has 2 N–H and O–H groups in total. The van der Waals surface area contributed by atoms with Crippen LogP contribution in [0.3, 0.4) is 0 Å². The number of rotatable bonds is 9. The van der Waals surface area contributed by atoms with Crippen molar-refractivity contribution in [2.24, 2.45) is 10.8 Å². The van der Waals surface area contributed by atoms with Gasteiger partial charge in [-0.25, -0.2) is 4.79 Å². The Labute approximate surface area is 248 Å². The standard InChI is InChI=1S/C36H38N2O4/c1-35(2)22-30(38-34(40)42-32-20-16-29(17-21-32)27-12-8-5-9-13-27)23-36(3,24-35)33(37-25-39)41-31-18-14-28(15-19-31)26-10-6-4-7-11-26/h4-21,25,30,33H,22-24H2,1-3H3,(H,37,39)(H,38,40). The maximum atomic E-state index is 13.0. The Hall–Kier alpha value is -4.58. The normalized spacial score (nSPS) is 20.1. The average Bonchev–Trinajstić information content (AvgIpc) is 2.97. The van der Waals surface area contributed by atoms with Crippen LogP contribution in [0.15, 0.2) is 109 Å². The smallest absolute Gasteiger partial charge is 0.412 e. The van der Waals surface area contributed by atoms with Gasteiger partial charge in [0.25, 0.3) is 0 Å². The fraction of sp³-hybridized carbons (Fsp3) is 0.278. The molecule has 1 aliphatic rings. The third-order valence-corrected chi connectivity index (χ3v) is 7.96. The topological polar surface area (TPSA) is 76.7 Å². The van der Waals surface area contributed by atoms with E-state index >= 15 is 0 Å². The van der Waals surface area contributed by atoms with E-state index in [-0.39, 0.29) is 11.5 Å². The third kappa shape index (κ3) is 7.19. The summed E-state index contributed by atoms with van der Waals surface area (Å²) >= 11 is 0. The van der Waals surface area contributed by atoms with Crippen molar-refractivity contribution in [1.82, 2.24) is 10.6 Å². The molecule has 216 valence electrons. The van der Waals surface area contributed by atoms with Crippen LogP contribution < -0.4 is 20.1 Å². The van der Waals surface area contributed by atoms with Crippen molar-refractivity contribution in [3.63, 3.8) is 0 Å². The first-order chi connectivity index (χ1) is 20.2. The molecule has 0 bridgehead atoms. The van der Waals surface area contributed by atoms with Crippen molar-refractivity contribution < 1.29 is 19.1 Å². The van der Waals surface area contributed by atoms with Crippen LogP contribution in [-0.4, -0.2) is 24.8 Å². The second-order valence-electron chi connectivity index (χ2n) is 12.2. The molecular weight excluding hydrogens is 524 g/mol. The van der Waals surface area contributed by atoms with Crippen LogP contribution >= 0.6 is 0 Å². The lowest BCUT2D eigenvalue weighted by atomic mass is 9.62. The summed E-state index contributed by atoms with van der Waals surface area (Å²) in [7, 11) is 0. The van der Waals surface area contributed by atoms with Gasteiger partial charge in [0.2, 0.25) is 6.41 Å². The molecule has 6 heteroatoms. The molecule has 6 nitrogen and oxygen atoms in total. The molecule has 0 radical (unpaired) electrons. The minimum atomic E-state index is -0.581. The lowest BCUT2D eigenvalue weighted by Gasteiger charge is -2.49. The molecule has 0 aliphatic heterocycles.